The number of nitrogens with one attached hydrogen (secondary N) is 1. The molecule has 2 amide bonds. The van der Waals surface area contributed by atoms with Gasteiger partial charge in [-0.2, -0.15) is 0 Å². The Kier molecular flexibility index (Phi) is 4.77. The van der Waals surface area contributed by atoms with Gasteiger partial charge in [0.2, 0.25) is 0 Å². The SMILES string of the molecule is COc1ccc(Br)cc1NC(=O)N1CSCC1C(=O)O. The molecule has 1 saturated heterocycles. The number of methoxy groups -OCH3 is 1. The molecule has 1 aromatic carbocycles. The number of aliphatic carboxylic acids is 1. The minimum absolute atomic E-state index is 0.360. The summed E-state index contributed by atoms with van der Waals surface area (Å²) in [7, 11) is 1.50. The van der Waals surface area contributed by atoms with E-state index in [9.17, 15) is 9.59 Å². The monoisotopic (exact) mass is 360 g/mol. The maximum Gasteiger partial charge on any atom is 0.327 e. The quantitative estimate of drug-likeness (QED) is 0.865. The first kappa shape index (κ1) is 15.0. The number of carbonyl (C=O) groups is 2. The predicted octanol–water partition coefficient (Wildman–Crippen LogP) is 2.45. The third-order valence-corrected chi connectivity index (χ3v) is 4.34. The number of hydrogen-bond donors (Lipinski definition) is 2. The molecular formula is C12H13BrN2O4S. The maximum absolute atomic E-state index is 12.2. The van der Waals surface area contributed by atoms with Crippen molar-refractivity contribution in [2.75, 3.05) is 24.1 Å². The highest BCUT2D eigenvalue weighted by Crippen LogP contribution is 2.29. The molecule has 2 rings (SSSR count). The van der Waals surface area contributed by atoms with E-state index in [0.717, 1.165) is 4.47 Å². The summed E-state index contributed by atoms with van der Waals surface area (Å²) >= 11 is 4.73. The molecule has 0 aromatic heterocycles. The number of amides is 2. The van der Waals surface area contributed by atoms with Gasteiger partial charge in [0, 0.05) is 10.2 Å². The van der Waals surface area contributed by atoms with Gasteiger partial charge in [-0.05, 0) is 18.2 Å². The smallest absolute Gasteiger partial charge is 0.327 e. The Morgan fingerprint density at radius 3 is 2.95 bits per heavy atom. The molecule has 1 unspecified atom stereocenters. The minimum atomic E-state index is -0.994. The summed E-state index contributed by atoms with van der Waals surface area (Å²) in [6, 6.07) is 3.97. The van der Waals surface area contributed by atoms with E-state index in [2.05, 4.69) is 21.2 Å². The number of carbonyl (C=O) groups excluding carboxylic acids is 1. The molecule has 1 aliphatic rings. The van der Waals surface area contributed by atoms with Gasteiger partial charge in [0.25, 0.3) is 0 Å². The Morgan fingerprint density at radius 1 is 1.55 bits per heavy atom. The average molecular weight is 361 g/mol. The number of rotatable bonds is 3. The summed E-state index contributed by atoms with van der Waals surface area (Å²) in [5, 5.41) is 11.8. The van der Waals surface area contributed by atoms with Gasteiger partial charge in [0.05, 0.1) is 18.7 Å². The number of halogens is 1. The van der Waals surface area contributed by atoms with E-state index >= 15 is 0 Å². The van der Waals surface area contributed by atoms with E-state index in [1.165, 1.54) is 23.8 Å². The molecule has 8 heteroatoms. The molecular weight excluding hydrogens is 348 g/mol. The first-order valence-electron chi connectivity index (χ1n) is 5.74. The van der Waals surface area contributed by atoms with Crippen LogP contribution in [-0.4, -0.2) is 46.8 Å². The van der Waals surface area contributed by atoms with Crippen LogP contribution in [0, 0.1) is 0 Å². The summed E-state index contributed by atoms with van der Waals surface area (Å²) in [6.07, 6.45) is 0. The maximum atomic E-state index is 12.2. The average Bonchev–Trinajstić information content (AvgIpc) is 2.88. The van der Waals surface area contributed by atoms with E-state index in [4.69, 9.17) is 9.84 Å². The summed E-state index contributed by atoms with van der Waals surface area (Å²) in [5.74, 6) is 0.281. The van der Waals surface area contributed by atoms with Gasteiger partial charge in [-0.3, -0.25) is 0 Å². The number of ether oxygens (including phenoxy) is 1. The van der Waals surface area contributed by atoms with Gasteiger partial charge >= 0.3 is 12.0 Å². The van der Waals surface area contributed by atoms with Crippen LogP contribution in [0.3, 0.4) is 0 Å². The van der Waals surface area contributed by atoms with Crippen LogP contribution in [0.2, 0.25) is 0 Å². The molecule has 0 bridgehead atoms. The third kappa shape index (κ3) is 3.18. The van der Waals surface area contributed by atoms with Gasteiger partial charge in [-0.1, -0.05) is 15.9 Å². The second kappa shape index (κ2) is 6.36. The normalized spacial score (nSPS) is 17.9. The first-order valence-corrected chi connectivity index (χ1v) is 7.69. The topological polar surface area (TPSA) is 78.9 Å². The molecule has 0 radical (unpaired) electrons. The van der Waals surface area contributed by atoms with Gasteiger partial charge in [0.15, 0.2) is 0 Å². The lowest BCUT2D eigenvalue weighted by Crippen LogP contribution is -2.44. The van der Waals surface area contributed by atoms with Crippen molar-refractivity contribution < 1.29 is 19.4 Å². The number of benzene rings is 1. The molecule has 2 N–H and O–H groups in total. The van der Waals surface area contributed by atoms with Crippen LogP contribution in [0.4, 0.5) is 10.5 Å². The molecule has 1 fully saturated rings. The fourth-order valence-corrected chi connectivity index (χ4v) is 3.32. The number of carboxylic acids is 1. The van der Waals surface area contributed by atoms with Gasteiger partial charge in [-0.15, -0.1) is 11.8 Å². The second-order valence-corrected chi connectivity index (χ2v) is 6.01. The number of carboxylic acid groups (broad SMARTS) is 1. The zero-order valence-corrected chi connectivity index (χ0v) is 13.0. The number of hydrogen-bond acceptors (Lipinski definition) is 4. The van der Waals surface area contributed by atoms with Crippen molar-refractivity contribution >= 4 is 45.4 Å². The highest BCUT2D eigenvalue weighted by Gasteiger charge is 2.34. The van der Waals surface area contributed by atoms with Crippen molar-refractivity contribution in [3.63, 3.8) is 0 Å². The van der Waals surface area contributed by atoms with Crippen LogP contribution in [0.15, 0.2) is 22.7 Å². The molecule has 108 valence electrons. The lowest BCUT2D eigenvalue weighted by Gasteiger charge is -2.21. The van der Waals surface area contributed by atoms with Crippen molar-refractivity contribution in [2.45, 2.75) is 6.04 Å². The Labute approximate surface area is 128 Å². The largest absolute Gasteiger partial charge is 0.495 e. The molecule has 0 spiro atoms. The van der Waals surface area contributed by atoms with Gasteiger partial charge < -0.3 is 20.1 Å². The van der Waals surface area contributed by atoms with Crippen LogP contribution in [0.5, 0.6) is 5.75 Å². The highest BCUT2D eigenvalue weighted by atomic mass is 79.9. The molecule has 0 aliphatic carbocycles. The standard InChI is InChI=1S/C12H13BrN2O4S/c1-19-10-3-2-7(13)4-8(10)14-12(18)15-6-20-5-9(15)11(16)17/h2-4,9H,5-6H2,1H3,(H,14,18)(H,16,17). The Bertz CT molecular complexity index is 540. The number of urea groups is 1. The predicted molar refractivity (Wildman–Crippen MR) is 80.3 cm³/mol. The molecule has 1 atom stereocenters. The fraction of sp³-hybridized carbons (Fsp3) is 0.333. The summed E-state index contributed by atoms with van der Waals surface area (Å²) in [5.41, 5.74) is 0.493. The lowest BCUT2D eigenvalue weighted by atomic mass is 10.3. The number of thioether (sulfide) groups is 1. The van der Waals surface area contributed by atoms with Crippen LogP contribution in [0.25, 0.3) is 0 Å². The van der Waals surface area contributed by atoms with Gasteiger partial charge in [0.1, 0.15) is 11.8 Å². The van der Waals surface area contributed by atoms with Crippen molar-refractivity contribution in [2.24, 2.45) is 0 Å². The second-order valence-electron chi connectivity index (χ2n) is 4.10. The van der Waals surface area contributed by atoms with E-state index < -0.39 is 18.0 Å². The molecule has 1 aliphatic heterocycles. The van der Waals surface area contributed by atoms with E-state index in [1.807, 2.05) is 0 Å². The van der Waals surface area contributed by atoms with E-state index in [1.54, 1.807) is 18.2 Å². The zero-order chi connectivity index (χ0) is 14.7. The Hall–Kier alpha value is -1.41. The van der Waals surface area contributed by atoms with Crippen LogP contribution >= 0.6 is 27.7 Å². The molecule has 0 saturated carbocycles. The van der Waals surface area contributed by atoms with Crippen LogP contribution in [-0.2, 0) is 4.79 Å². The van der Waals surface area contributed by atoms with Crippen LogP contribution in [0.1, 0.15) is 0 Å². The van der Waals surface area contributed by atoms with Crippen molar-refractivity contribution in [1.29, 1.82) is 0 Å². The molecule has 1 aromatic rings. The highest BCUT2D eigenvalue weighted by molar-refractivity contribution is 9.10. The van der Waals surface area contributed by atoms with Gasteiger partial charge in [-0.25, -0.2) is 9.59 Å². The Balaban J connectivity index is 2.15. The van der Waals surface area contributed by atoms with E-state index in [-0.39, 0.29) is 0 Å². The van der Waals surface area contributed by atoms with Crippen molar-refractivity contribution in [3.8, 4) is 5.75 Å². The molecule has 1 heterocycles. The summed E-state index contributed by atoms with van der Waals surface area (Å²) < 4.78 is 5.95. The first-order chi connectivity index (χ1) is 9.52. The zero-order valence-electron chi connectivity index (χ0n) is 10.6. The Morgan fingerprint density at radius 2 is 2.30 bits per heavy atom. The summed E-state index contributed by atoms with van der Waals surface area (Å²) in [4.78, 5) is 24.6. The van der Waals surface area contributed by atoms with Crippen LogP contribution < -0.4 is 10.1 Å². The van der Waals surface area contributed by atoms with Crippen molar-refractivity contribution in [1.82, 2.24) is 4.90 Å². The molecule has 6 nitrogen and oxygen atoms in total. The van der Waals surface area contributed by atoms with E-state index in [0.29, 0.717) is 23.1 Å². The minimum Gasteiger partial charge on any atom is -0.495 e. The number of nitrogens with zero attached hydrogens (tertiary/aromatic N) is 1. The number of anilines is 1. The van der Waals surface area contributed by atoms with Crippen molar-refractivity contribution in [3.05, 3.63) is 22.7 Å². The lowest BCUT2D eigenvalue weighted by molar-refractivity contribution is -0.140. The third-order valence-electron chi connectivity index (χ3n) is 2.83. The summed E-state index contributed by atoms with van der Waals surface area (Å²) in [6.45, 7) is 0. The molecule has 20 heavy (non-hydrogen) atoms. The fourth-order valence-electron chi connectivity index (χ4n) is 1.81.